The monoisotopic (exact) mass is 705 g/mol. The van der Waals surface area contributed by atoms with Crippen molar-refractivity contribution >= 4 is 50.9 Å². The predicted molar refractivity (Wildman–Crippen MR) is 188 cm³/mol. The maximum Gasteiger partial charge on any atom is 0.303 e. The number of aromatic nitrogens is 1. The van der Waals surface area contributed by atoms with Gasteiger partial charge in [0, 0.05) is 74.8 Å². The van der Waals surface area contributed by atoms with E-state index < -0.39 is 22.1 Å². The number of rotatable bonds is 8. The van der Waals surface area contributed by atoms with E-state index >= 15 is 0 Å². The van der Waals surface area contributed by atoms with E-state index in [1.165, 1.54) is 33.0 Å². The first-order valence-electron chi connectivity index (χ1n) is 16.9. The molecule has 1 N–H and O–H groups in total. The highest BCUT2D eigenvalue weighted by atomic mass is 32.2. The first-order chi connectivity index (χ1) is 23.9. The summed E-state index contributed by atoms with van der Waals surface area (Å²) in [4.78, 5) is 54.7. The van der Waals surface area contributed by atoms with Crippen LogP contribution in [0, 0.1) is 0 Å². The molecule has 50 heavy (non-hydrogen) atoms. The van der Waals surface area contributed by atoms with Gasteiger partial charge in [0.05, 0.1) is 19.3 Å². The van der Waals surface area contributed by atoms with Crippen LogP contribution in [-0.4, -0.2) is 105 Å². The molecule has 0 unspecified atom stereocenters. The molecule has 1 saturated heterocycles. The normalized spacial score (nSPS) is 16.7. The highest BCUT2D eigenvalue weighted by Gasteiger charge is 2.33. The van der Waals surface area contributed by atoms with Gasteiger partial charge in [-0.2, -0.15) is 12.7 Å². The molecule has 0 spiro atoms. The smallest absolute Gasteiger partial charge is 0.303 e. The van der Waals surface area contributed by atoms with Gasteiger partial charge >= 0.3 is 16.2 Å². The molecule has 1 aliphatic carbocycles. The standard InChI is InChI=1S/C36H43N5O8S/c1-23(42)49-22-32(43)39-14-16-40(17-15-39)36(45)27-18-26-19-28(48-4)11-13-29(26)34-33(24-8-6-5-7-9-24)30-12-10-25(20-31(30)41(34)21-27)35(44)37-50(46,47)38(2)3/h10-13,18-20,24H,5-9,14-17,21-22H2,1-4H3,(H,37,44). The summed E-state index contributed by atoms with van der Waals surface area (Å²) in [5, 5.41) is 0.967. The number of hydrogen-bond donors (Lipinski definition) is 1. The SMILES string of the molecule is COc1ccc2c(c1)C=C(C(=O)N1CCN(C(=O)COC(C)=O)CC1)Cn1c-2c(C2CCCCC2)c2ccc(C(=O)NS(=O)(=O)N(C)C)cc21. The molecule has 3 aromatic rings. The fourth-order valence-corrected chi connectivity index (χ4v) is 7.73. The number of hydrogen-bond acceptors (Lipinski definition) is 8. The lowest BCUT2D eigenvalue weighted by Crippen LogP contribution is -2.52. The van der Waals surface area contributed by atoms with Crippen molar-refractivity contribution in [2.24, 2.45) is 0 Å². The van der Waals surface area contributed by atoms with Gasteiger partial charge < -0.3 is 23.8 Å². The first kappa shape index (κ1) is 35.1. The summed E-state index contributed by atoms with van der Waals surface area (Å²) in [5.74, 6) is -0.844. The number of carbonyl (C=O) groups excluding carboxylic acids is 4. The Morgan fingerprint density at radius 1 is 0.940 bits per heavy atom. The van der Waals surface area contributed by atoms with Gasteiger partial charge in [0.2, 0.25) is 0 Å². The van der Waals surface area contributed by atoms with Crippen LogP contribution in [0.25, 0.3) is 28.2 Å². The lowest BCUT2D eigenvalue weighted by atomic mass is 9.81. The van der Waals surface area contributed by atoms with Crippen LogP contribution in [0.5, 0.6) is 5.75 Å². The van der Waals surface area contributed by atoms with Crippen molar-refractivity contribution < 1.29 is 37.1 Å². The third-order valence-electron chi connectivity index (χ3n) is 9.85. The number of ether oxygens (including phenoxy) is 2. The van der Waals surface area contributed by atoms with Crippen LogP contribution in [-0.2, 0) is 35.9 Å². The highest BCUT2D eigenvalue weighted by Crippen LogP contribution is 2.47. The number of carbonyl (C=O) groups is 4. The number of methoxy groups -OCH3 is 1. The fraction of sp³-hybridized carbons (Fsp3) is 0.444. The number of piperazine rings is 1. The lowest BCUT2D eigenvalue weighted by Gasteiger charge is -2.35. The molecule has 14 heteroatoms. The van der Waals surface area contributed by atoms with Crippen molar-refractivity contribution in [3.63, 3.8) is 0 Å². The second-order valence-corrected chi connectivity index (χ2v) is 15.1. The van der Waals surface area contributed by atoms with E-state index in [9.17, 15) is 27.6 Å². The summed E-state index contributed by atoms with van der Waals surface area (Å²) >= 11 is 0. The van der Waals surface area contributed by atoms with E-state index in [0.29, 0.717) is 37.5 Å². The second-order valence-electron chi connectivity index (χ2n) is 13.2. The minimum atomic E-state index is -4.02. The molecule has 266 valence electrons. The Morgan fingerprint density at radius 3 is 2.30 bits per heavy atom. The molecule has 3 aliphatic rings. The summed E-state index contributed by atoms with van der Waals surface area (Å²) < 4.78 is 40.7. The summed E-state index contributed by atoms with van der Waals surface area (Å²) in [5.41, 5.74) is 5.35. The molecular formula is C36H43N5O8S. The molecular weight excluding hydrogens is 662 g/mol. The van der Waals surface area contributed by atoms with Crippen LogP contribution in [0.1, 0.15) is 66.4 Å². The molecule has 2 aliphatic heterocycles. The summed E-state index contributed by atoms with van der Waals surface area (Å²) in [6.07, 6.45) is 7.31. The van der Waals surface area contributed by atoms with Crippen LogP contribution < -0.4 is 9.46 Å². The van der Waals surface area contributed by atoms with Gasteiger partial charge in [-0.25, -0.2) is 4.72 Å². The zero-order valence-corrected chi connectivity index (χ0v) is 29.7. The number of fused-ring (bicyclic) bond motifs is 5. The number of benzene rings is 2. The molecule has 0 atom stereocenters. The lowest BCUT2D eigenvalue weighted by molar-refractivity contribution is -0.151. The highest BCUT2D eigenvalue weighted by molar-refractivity contribution is 7.87. The van der Waals surface area contributed by atoms with Gasteiger partial charge in [-0.1, -0.05) is 25.3 Å². The van der Waals surface area contributed by atoms with Crippen molar-refractivity contribution in [2.75, 3.05) is 54.0 Å². The fourth-order valence-electron chi connectivity index (χ4n) is 7.20. The van der Waals surface area contributed by atoms with Gasteiger partial charge in [0.1, 0.15) is 5.75 Å². The van der Waals surface area contributed by atoms with Crippen LogP contribution >= 0.6 is 0 Å². The number of esters is 1. The average molecular weight is 706 g/mol. The van der Waals surface area contributed by atoms with Crippen LogP contribution in [0.3, 0.4) is 0 Å². The van der Waals surface area contributed by atoms with E-state index in [1.54, 1.807) is 29.0 Å². The van der Waals surface area contributed by atoms with Gasteiger partial charge in [-0.05, 0) is 66.3 Å². The predicted octanol–water partition coefficient (Wildman–Crippen LogP) is 3.53. The van der Waals surface area contributed by atoms with Crippen molar-refractivity contribution in [2.45, 2.75) is 51.5 Å². The molecule has 3 heterocycles. The maximum absolute atomic E-state index is 14.3. The van der Waals surface area contributed by atoms with Crippen LogP contribution in [0.2, 0.25) is 0 Å². The molecule has 2 fully saturated rings. The Hall–Kier alpha value is -4.69. The van der Waals surface area contributed by atoms with Crippen molar-refractivity contribution in [3.8, 4) is 17.0 Å². The second kappa shape index (κ2) is 14.3. The first-order valence-corrected chi connectivity index (χ1v) is 18.3. The Labute approximate surface area is 292 Å². The summed E-state index contributed by atoms with van der Waals surface area (Å²) in [6.45, 7) is 2.36. The van der Waals surface area contributed by atoms with Crippen molar-refractivity contribution in [3.05, 3.63) is 58.7 Å². The van der Waals surface area contributed by atoms with Crippen LogP contribution in [0.4, 0.5) is 0 Å². The van der Waals surface area contributed by atoms with E-state index in [1.807, 2.05) is 30.3 Å². The van der Waals surface area contributed by atoms with Gasteiger partial charge in [-0.3, -0.25) is 19.2 Å². The molecule has 0 radical (unpaired) electrons. The quantitative estimate of drug-likeness (QED) is 0.351. The Morgan fingerprint density at radius 2 is 1.64 bits per heavy atom. The Kier molecular flexibility index (Phi) is 10.0. The Balaban J connectivity index is 1.43. The summed E-state index contributed by atoms with van der Waals surface area (Å²) in [6, 6.07) is 11.1. The molecule has 0 bridgehead atoms. The van der Waals surface area contributed by atoms with E-state index in [2.05, 4.69) is 9.29 Å². The zero-order chi connectivity index (χ0) is 35.7. The average Bonchev–Trinajstić information content (AvgIpc) is 3.32. The third-order valence-corrected chi connectivity index (χ3v) is 11.3. The largest absolute Gasteiger partial charge is 0.497 e. The topological polar surface area (TPSA) is 148 Å². The van der Waals surface area contributed by atoms with E-state index in [-0.39, 0.29) is 36.4 Å². The Bertz CT molecular complexity index is 1990. The van der Waals surface area contributed by atoms with Crippen molar-refractivity contribution in [1.29, 1.82) is 0 Å². The molecule has 1 saturated carbocycles. The molecule has 2 aromatic carbocycles. The molecule has 6 rings (SSSR count). The van der Waals surface area contributed by atoms with E-state index in [4.69, 9.17) is 9.47 Å². The number of nitrogens with one attached hydrogen (secondary N) is 1. The maximum atomic E-state index is 14.3. The summed E-state index contributed by atoms with van der Waals surface area (Å²) in [7, 11) is 0.276. The molecule has 1 aromatic heterocycles. The molecule has 13 nitrogen and oxygen atoms in total. The van der Waals surface area contributed by atoms with Crippen molar-refractivity contribution in [1.82, 2.24) is 23.4 Å². The minimum Gasteiger partial charge on any atom is -0.497 e. The zero-order valence-electron chi connectivity index (χ0n) is 28.9. The van der Waals surface area contributed by atoms with Gasteiger partial charge in [0.15, 0.2) is 6.61 Å². The van der Waals surface area contributed by atoms with Crippen LogP contribution in [0.15, 0.2) is 42.0 Å². The molecule has 3 amide bonds. The number of amides is 3. The van der Waals surface area contributed by atoms with Gasteiger partial charge in [0.25, 0.3) is 17.7 Å². The van der Waals surface area contributed by atoms with E-state index in [0.717, 1.165) is 57.7 Å². The number of nitrogens with zero attached hydrogens (tertiary/aromatic N) is 4. The minimum absolute atomic E-state index is 0.175. The third kappa shape index (κ3) is 6.99. The van der Waals surface area contributed by atoms with Gasteiger partial charge in [-0.15, -0.1) is 0 Å².